The number of hydrogen-bond acceptors (Lipinski definition) is 3. The smallest absolute Gasteiger partial charge is 0.246 e. The van der Waals surface area contributed by atoms with Crippen LogP contribution in [0.2, 0.25) is 0 Å². The van der Waals surface area contributed by atoms with Gasteiger partial charge >= 0.3 is 0 Å². The molecule has 0 aliphatic carbocycles. The van der Waals surface area contributed by atoms with Gasteiger partial charge in [0.2, 0.25) is 5.91 Å². The first-order valence-corrected chi connectivity index (χ1v) is 6.51. The van der Waals surface area contributed by atoms with E-state index in [1.54, 1.807) is 0 Å². The van der Waals surface area contributed by atoms with Crippen molar-refractivity contribution in [2.75, 3.05) is 6.61 Å². The zero-order valence-corrected chi connectivity index (χ0v) is 12.4. The second-order valence-corrected chi connectivity index (χ2v) is 5.71. The summed E-state index contributed by atoms with van der Waals surface area (Å²) in [7, 11) is 0. The highest BCUT2D eigenvalue weighted by atomic mass is 79.9. The largest absolute Gasteiger partial charge is 0.493 e. The molecule has 0 saturated carbocycles. The van der Waals surface area contributed by atoms with E-state index in [2.05, 4.69) is 21.4 Å². The van der Waals surface area contributed by atoms with Crippen LogP contribution in [-0.2, 0) is 9.63 Å². The standard InChI is InChI=1S/C13H18BrNO3/c1-13(2,3)18-15-12(16)7-8-17-11-6-4-5-10(14)9-11/h4-6,9H,7-8H2,1-3H3,(H,15,16). The van der Waals surface area contributed by atoms with Gasteiger partial charge in [0, 0.05) is 4.47 Å². The van der Waals surface area contributed by atoms with E-state index in [9.17, 15) is 4.79 Å². The van der Waals surface area contributed by atoms with Crippen LogP contribution in [0.25, 0.3) is 0 Å². The highest BCUT2D eigenvalue weighted by Gasteiger charge is 2.12. The number of amides is 1. The van der Waals surface area contributed by atoms with E-state index in [1.807, 2.05) is 45.0 Å². The van der Waals surface area contributed by atoms with Gasteiger partial charge in [-0.2, -0.15) is 0 Å². The average Bonchev–Trinajstić information content (AvgIpc) is 2.25. The summed E-state index contributed by atoms with van der Waals surface area (Å²) in [6.07, 6.45) is 0.253. The van der Waals surface area contributed by atoms with E-state index < -0.39 is 0 Å². The number of carbonyl (C=O) groups excluding carboxylic acids is 1. The highest BCUT2D eigenvalue weighted by molar-refractivity contribution is 9.10. The van der Waals surface area contributed by atoms with E-state index in [0.29, 0.717) is 6.61 Å². The molecular weight excluding hydrogens is 298 g/mol. The Hall–Kier alpha value is -1.07. The third-order valence-corrected chi connectivity index (χ3v) is 2.36. The normalized spacial score (nSPS) is 11.1. The first-order valence-electron chi connectivity index (χ1n) is 5.72. The minimum Gasteiger partial charge on any atom is -0.493 e. The molecule has 5 heteroatoms. The summed E-state index contributed by atoms with van der Waals surface area (Å²) >= 11 is 3.35. The van der Waals surface area contributed by atoms with Crippen molar-refractivity contribution < 1.29 is 14.4 Å². The monoisotopic (exact) mass is 315 g/mol. The number of carbonyl (C=O) groups is 1. The molecular formula is C13H18BrNO3. The number of hydrogen-bond donors (Lipinski definition) is 1. The molecule has 0 saturated heterocycles. The van der Waals surface area contributed by atoms with E-state index in [4.69, 9.17) is 9.57 Å². The summed E-state index contributed by atoms with van der Waals surface area (Å²) in [4.78, 5) is 16.6. The van der Waals surface area contributed by atoms with Gasteiger partial charge in [0.25, 0.3) is 0 Å². The van der Waals surface area contributed by atoms with Crippen LogP contribution < -0.4 is 10.2 Å². The molecule has 1 aromatic rings. The van der Waals surface area contributed by atoms with Gasteiger partial charge in [0.1, 0.15) is 5.75 Å². The zero-order chi connectivity index (χ0) is 13.6. The number of nitrogens with one attached hydrogen (secondary N) is 1. The van der Waals surface area contributed by atoms with Gasteiger partial charge in [0.05, 0.1) is 18.6 Å². The number of halogens is 1. The minimum absolute atomic E-state index is 0.195. The zero-order valence-electron chi connectivity index (χ0n) is 10.8. The second-order valence-electron chi connectivity index (χ2n) is 4.80. The summed E-state index contributed by atoms with van der Waals surface area (Å²) in [6.45, 7) is 5.91. The second kappa shape index (κ2) is 6.75. The Bertz CT molecular complexity index is 401. The number of ether oxygens (including phenoxy) is 1. The molecule has 0 aliphatic heterocycles. The molecule has 0 radical (unpaired) electrons. The van der Waals surface area contributed by atoms with Crippen LogP contribution in [0.4, 0.5) is 0 Å². The lowest BCUT2D eigenvalue weighted by Gasteiger charge is -2.18. The van der Waals surface area contributed by atoms with E-state index >= 15 is 0 Å². The van der Waals surface area contributed by atoms with Crippen LogP contribution in [0.1, 0.15) is 27.2 Å². The maximum Gasteiger partial charge on any atom is 0.246 e. The molecule has 4 nitrogen and oxygen atoms in total. The number of benzene rings is 1. The first kappa shape index (κ1) is 15.0. The molecule has 18 heavy (non-hydrogen) atoms. The van der Waals surface area contributed by atoms with Crippen molar-refractivity contribution in [3.8, 4) is 5.75 Å². The molecule has 0 bridgehead atoms. The molecule has 0 aliphatic rings. The SMILES string of the molecule is CC(C)(C)ONC(=O)CCOc1cccc(Br)c1. The lowest BCUT2D eigenvalue weighted by atomic mass is 10.2. The van der Waals surface area contributed by atoms with Crippen LogP contribution in [0.3, 0.4) is 0 Å². The van der Waals surface area contributed by atoms with Gasteiger partial charge in [-0.25, -0.2) is 5.48 Å². The summed E-state index contributed by atoms with van der Waals surface area (Å²) in [6, 6.07) is 7.48. The average molecular weight is 316 g/mol. The fourth-order valence-corrected chi connectivity index (χ4v) is 1.46. The molecule has 1 N–H and O–H groups in total. The molecule has 0 fully saturated rings. The highest BCUT2D eigenvalue weighted by Crippen LogP contribution is 2.17. The molecule has 0 aromatic heterocycles. The lowest BCUT2D eigenvalue weighted by molar-refractivity contribution is -0.146. The van der Waals surface area contributed by atoms with Crippen LogP contribution in [-0.4, -0.2) is 18.1 Å². The van der Waals surface area contributed by atoms with Crippen molar-refractivity contribution >= 4 is 21.8 Å². The fraction of sp³-hybridized carbons (Fsp3) is 0.462. The molecule has 0 heterocycles. The topological polar surface area (TPSA) is 47.6 Å². The Kier molecular flexibility index (Phi) is 5.62. The Balaban J connectivity index is 2.23. The third-order valence-electron chi connectivity index (χ3n) is 1.86. The summed E-state index contributed by atoms with van der Waals surface area (Å²) in [5, 5.41) is 0. The lowest BCUT2D eigenvalue weighted by Crippen LogP contribution is -2.34. The van der Waals surface area contributed by atoms with Gasteiger partial charge < -0.3 is 4.74 Å². The maximum absolute atomic E-state index is 11.4. The quantitative estimate of drug-likeness (QED) is 0.849. The first-order chi connectivity index (χ1) is 8.37. The van der Waals surface area contributed by atoms with Crippen molar-refractivity contribution in [2.24, 2.45) is 0 Å². The molecule has 100 valence electrons. The van der Waals surface area contributed by atoms with Crippen molar-refractivity contribution in [1.82, 2.24) is 5.48 Å². The number of rotatable bonds is 5. The molecule has 0 spiro atoms. The molecule has 0 unspecified atom stereocenters. The molecule has 0 atom stereocenters. The van der Waals surface area contributed by atoms with Crippen LogP contribution >= 0.6 is 15.9 Å². The van der Waals surface area contributed by atoms with Gasteiger partial charge in [0.15, 0.2) is 0 Å². The summed E-state index contributed by atoms with van der Waals surface area (Å²) < 4.78 is 6.39. The predicted octanol–water partition coefficient (Wildman–Crippen LogP) is 3.06. The van der Waals surface area contributed by atoms with Crippen molar-refractivity contribution in [1.29, 1.82) is 0 Å². The Morgan fingerprint density at radius 3 is 2.72 bits per heavy atom. The fourth-order valence-electron chi connectivity index (χ4n) is 1.08. The maximum atomic E-state index is 11.4. The summed E-state index contributed by atoms with van der Waals surface area (Å²) in [5.74, 6) is 0.536. The molecule has 1 rings (SSSR count). The van der Waals surface area contributed by atoms with E-state index in [0.717, 1.165) is 10.2 Å². The van der Waals surface area contributed by atoms with Crippen molar-refractivity contribution in [3.63, 3.8) is 0 Å². The van der Waals surface area contributed by atoms with E-state index in [-0.39, 0.29) is 17.9 Å². The van der Waals surface area contributed by atoms with Crippen LogP contribution in [0.15, 0.2) is 28.7 Å². The minimum atomic E-state index is -0.388. The van der Waals surface area contributed by atoms with Gasteiger partial charge in [-0.15, -0.1) is 0 Å². The van der Waals surface area contributed by atoms with Gasteiger partial charge in [-0.05, 0) is 39.0 Å². The van der Waals surface area contributed by atoms with Crippen molar-refractivity contribution in [2.45, 2.75) is 32.8 Å². The van der Waals surface area contributed by atoms with E-state index in [1.165, 1.54) is 0 Å². The Morgan fingerprint density at radius 2 is 2.11 bits per heavy atom. The Labute approximate surface area is 116 Å². The predicted molar refractivity (Wildman–Crippen MR) is 73.2 cm³/mol. The van der Waals surface area contributed by atoms with Gasteiger partial charge in [-0.3, -0.25) is 9.63 Å². The van der Waals surface area contributed by atoms with Crippen LogP contribution in [0.5, 0.6) is 5.75 Å². The summed E-state index contributed by atoms with van der Waals surface area (Å²) in [5.41, 5.74) is 2.00. The van der Waals surface area contributed by atoms with Crippen molar-refractivity contribution in [3.05, 3.63) is 28.7 Å². The molecule has 1 amide bonds. The third kappa shape index (κ3) is 6.61. The van der Waals surface area contributed by atoms with Crippen LogP contribution in [0, 0.1) is 0 Å². The Morgan fingerprint density at radius 1 is 1.39 bits per heavy atom. The molecule has 1 aromatic carbocycles. The van der Waals surface area contributed by atoms with Gasteiger partial charge in [-0.1, -0.05) is 22.0 Å². The number of hydroxylamine groups is 1.